The molecule has 2 aliphatic heterocycles. The molecule has 2 unspecified atom stereocenters. The molecule has 0 N–H and O–H groups in total. The number of likely N-dealkylation sites (N-methyl/N-ethyl adjacent to an activating group) is 1. The molecule has 2 heterocycles. The predicted octanol–water partition coefficient (Wildman–Crippen LogP) is 3.33. The van der Waals surface area contributed by atoms with Crippen LogP contribution in [-0.2, 0) is 4.79 Å². The van der Waals surface area contributed by atoms with E-state index in [0.717, 1.165) is 37.4 Å². The average Bonchev–Trinajstić information content (AvgIpc) is 2.67. The van der Waals surface area contributed by atoms with Crippen molar-refractivity contribution in [3.63, 3.8) is 0 Å². The van der Waals surface area contributed by atoms with Crippen molar-refractivity contribution in [2.45, 2.75) is 83.8 Å². The molecule has 3 nitrogen and oxygen atoms in total. The molecule has 1 saturated carbocycles. The highest BCUT2D eigenvalue weighted by atomic mass is 16.1. The molecule has 3 rings (SSSR count). The van der Waals surface area contributed by atoms with Crippen molar-refractivity contribution in [1.29, 1.82) is 0 Å². The third kappa shape index (κ3) is 3.56. The summed E-state index contributed by atoms with van der Waals surface area (Å²) in [5.74, 6) is 0.865. The third-order valence-electron chi connectivity index (χ3n) is 6.25. The lowest BCUT2D eigenvalue weighted by atomic mass is 9.78. The van der Waals surface area contributed by atoms with Crippen LogP contribution in [0.25, 0.3) is 0 Å². The van der Waals surface area contributed by atoms with Crippen molar-refractivity contribution in [3.8, 4) is 0 Å². The van der Waals surface area contributed by atoms with Crippen molar-refractivity contribution < 1.29 is 4.79 Å². The second-order valence-corrected chi connectivity index (χ2v) is 9.21. The first-order valence-electron chi connectivity index (χ1n) is 9.32. The van der Waals surface area contributed by atoms with Crippen LogP contribution < -0.4 is 0 Å². The Hall–Kier alpha value is -0.410. The van der Waals surface area contributed by atoms with Crippen molar-refractivity contribution in [1.82, 2.24) is 9.80 Å². The summed E-state index contributed by atoms with van der Waals surface area (Å²) in [7, 11) is 2.31. The molecule has 3 fully saturated rings. The third-order valence-corrected chi connectivity index (χ3v) is 6.25. The van der Waals surface area contributed by atoms with E-state index in [9.17, 15) is 4.79 Å². The number of hydrogen-bond donors (Lipinski definition) is 0. The normalized spacial score (nSPS) is 37.5. The van der Waals surface area contributed by atoms with Gasteiger partial charge in [-0.15, -0.1) is 0 Å². The highest BCUT2D eigenvalue weighted by Gasteiger charge is 2.40. The van der Waals surface area contributed by atoms with Crippen molar-refractivity contribution in [2.24, 2.45) is 11.3 Å². The van der Waals surface area contributed by atoms with Gasteiger partial charge in [-0.25, -0.2) is 0 Å². The topological polar surface area (TPSA) is 23.6 Å². The Labute approximate surface area is 136 Å². The zero-order chi connectivity index (χ0) is 15.9. The number of ketones is 1. The second kappa shape index (κ2) is 6.24. The minimum absolute atomic E-state index is 0.143. The highest BCUT2D eigenvalue weighted by molar-refractivity contribution is 5.81. The van der Waals surface area contributed by atoms with Gasteiger partial charge in [0.15, 0.2) is 0 Å². The Bertz CT molecular complexity index is 392. The minimum Gasteiger partial charge on any atom is -0.299 e. The van der Waals surface area contributed by atoms with E-state index in [2.05, 4.69) is 37.6 Å². The van der Waals surface area contributed by atoms with E-state index in [-0.39, 0.29) is 5.41 Å². The number of carbonyl (C=O) groups is 1. The summed E-state index contributed by atoms with van der Waals surface area (Å²) in [5, 5.41) is 0. The molecule has 0 amide bonds. The van der Waals surface area contributed by atoms with Crippen molar-refractivity contribution in [3.05, 3.63) is 0 Å². The number of fused-ring (bicyclic) bond motifs is 2. The van der Waals surface area contributed by atoms with Gasteiger partial charge >= 0.3 is 0 Å². The molecule has 0 aromatic carbocycles. The number of Topliss-reactive ketones (excluding diaryl/α,β-unsaturated/α-hetero) is 1. The summed E-state index contributed by atoms with van der Waals surface area (Å²) >= 11 is 0. The van der Waals surface area contributed by atoms with Crippen LogP contribution in [0.4, 0.5) is 0 Å². The molecule has 0 aromatic heterocycles. The molecule has 0 aromatic rings. The molecule has 22 heavy (non-hydrogen) atoms. The van der Waals surface area contributed by atoms with Crippen LogP contribution in [0, 0.1) is 11.3 Å². The van der Waals surface area contributed by atoms with Gasteiger partial charge in [0.25, 0.3) is 0 Å². The maximum atomic E-state index is 12.4. The number of piperazine rings is 1. The lowest BCUT2D eigenvalue weighted by Gasteiger charge is -2.44. The van der Waals surface area contributed by atoms with Gasteiger partial charge in [-0.1, -0.05) is 20.8 Å². The van der Waals surface area contributed by atoms with E-state index in [1.165, 1.54) is 38.8 Å². The summed E-state index contributed by atoms with van der Waals surface area (Å²) < 4.78 is 0. The first-order chi connectivity index (χ1) is 10.3. The highest BCUT2D eigenvalue weighted by Crippen LogP contribution is 2.35. The summed E-state index contributed by atoms with van der Waals surface area (Å²) in [6.07, 6.45) is 8.26. The number of carbonyl (C=O) groups excluding carboxylic acids is 1. The molecule has 1 aliphatic carbocycles. The van der Waals surface area contributed by atoms with Gasteiger partial charge in [-0.2, -0.15) is 0 Å². The molecule has 2 atom stereocenters. The van der Waals surface area contributed by atoms with E-state index in [0.29, 0.717) is 11.7 Å². The molecular formula is C19H34N2O. The minimum atomic E-state index is 0.143. The van der Waals surface area contributed by atoms with Crippen LogP contribution in [-0.4, -0.2) is 53.8 Å². The van der Waals surface area contributed by atoms with Crippen molar-refractivity contribution >= 4 is 5.78 Å². The van der Waals surface area contributed by atoms with Gasteiger partial charge in [0.05, 0.1) is 0 Å². The summed E-state index contributed by atoms with van der Waals surface area (Å²) in [5.41, 5.74) is 0.143. The van der Waals surface area contributed by atoms with Crippen LogP contribution in [0.5, 0.6) is 0 Å². The molecule has 3 heteroatoms. The largest absolute Gasteiger partial charge is 0.299 e. The van der Waals surface area contributed by atoms with E-state index >= 15 is 0 Å². The standard InChI is InChI=1S/C19H34N2O/c1-19(2,3)11-18(22)14-5-7-15(8-6-14)21-12-16-9-10-17(13-21)20(16)4/h14-17H,5-13H2,1-4H3. The number of hydrogen-bond acceptors (Lipinski definition) is 3. The molecule has 0 radical (unpaired) electrons. The van der Waals surface area contributed by atoms with E-state index in [4.69, 9.17) is 0 Å². The first-order valence-corrected chi connectivity index (χ1v) is 9.32. The SMILES string of the molecule is CN1C2CCC1CN(C1CCC(C(=O)CC(C)(C)C)CC1)C2. The van der Waals surface area contributed by atoms with Gasteiger partial charge in [-0.05, 0) is 51.0 Å². The fourth-order valence-electron chi connectivity index (χ4n) is 4.87. The maximum absolute atomic E-state index is 12.4. The zero-order valence-electron chi connectivity index (χ0n) is 15.0. The first kappa shape index (κ1) is 16.4. The van der Waals surface area contributed by atoms with Gasteiger partial charge in [0, 0.05) is 43.6 Å². The summed E-state index contributed by atoms with van der Waals surface area (Å²) in [6, 6.07) is 2.33. The Morgan fingerprint density at radius 3 is 1.91 bits per heavy atom. The van der Waals surface area contributed by atoms with Crippen LogP contribution in [0.2, 0.25) is 0 Å². The molecular weight excluding hydrogens is 272 g/mol. The maximum Gasteiger partial charge on any atom is 0.136 e. The Balaban J connectivity index is 1.49. The molecule has 2 bridgehead atoms. The van der Waals surface area contributed by atoms with Crippen LogP contribution >= 0.6 is 0 Å². The quantitative estimate of drug-likeness (QED) is 0.799. The fourth-order valence-corrected chi connectivity index (χ4v) is 4.87. The van der Waals surface area contributed by atoms with Gasteiger partial charge in [0.2, 0.25) is 0 Å². The predicted molar refractivity (Wildman–Crippen MR) is 91.0 cm³/mol. The molecule has 0 spiro atoms. The van der Waals surface area contributed by atoms with E-state index < -0.39 is 0 Å². The monoisotopic (exact) mass is 306 g/mol. The van der Waals surface area contributed by atoms with Crippen LogP contribution in [0.3, 0.4) is 0 Å². The van der Waals surface area contributed by atoms with Gasteiger partial charge in [0.1, 0.15) is 5.78 Å². The van der Waals surface area contributed by atoms with E-state index in [1.54, 1.807) is 0 Å². The molecule has 126 valence electrons. The van der Waals surface area contributed by atoms with Gasteiger partial charge in [-0.3, -0.25) is 14.6 Å². The molecule has 3 aliphatic rings. The smallest absolute Gasteiger partial charge is 0.136 e. The van der Waals surface area contributed by atoms with Crippen LogP contribution in [0.1, 0.15) is 65.7 Å². The average molecular weight is 306 g/mol. The Kier molecular flexibility index (Phi) is 4.66. The number of likely N-dealkylation sites (tertiary alicyclic amines) is 1. The van der Waals surface area contributed by atoms with Gasteiger partial charge < -0.3 is 0 Å². The Morgan fingerprint density at radius 2 is 1.41 bits per heavy atom. The summed E-state index contributed by atoms with van der Waals surface area (Å²) in [6.45, 7) is 9.06. The Morgan fingerprint density at radius 1 is 0.909 bits per heavy atom. The number of rotatable bonds is 3. The van der Waals surface area contributed by atoms with E-state index in [1.807, 2.05) is 0 Å². The summed E-state index contributed by atoms with van der Waals surface area (Å²) in [4.78, 5) is 17.8. The fraction of sp³-hybridized carbons (Fsp3) is 0.947. The molecule has 2 saturated heterocycles. The van der Waals surface area contributed by atoms with Crippen LogP contribution in [0.15, 0.2) is 0 Å². The van der Waals surface area contributed by atoms with Crippen molar-refractivity contribution in [2.75, 3.05) is 20.1 Å². The zero-order valence-corrected chi connectivity index (χ0v) is 15.0. The lowest BCUT2D eigenvalue weighted by molar-refractivity contribution is -0.126. The number of nitrogens with zero attached hydrogens (tertiary/aromatic N) is 2. The second-order valence-electron chi connectivity index (χ2n) is 9.21. The lowest BCUT2D eigenvalue weighted by Crippen LogP contribution is -2.55.